The quantitative estimate of drug-likeness (QED) is 0.812. The fourth-order valence-electron chi connectivity index (χ4n) is 3.62. The zero-order chi connectivity index (χ0) is 18.0. The highest BCUT2D eigenvalue weighted by Gasteiger charge is 2.32. The topological polar surface area (TPSA) is 66.0 Å². The van der Waals surface area contributed by atoms with Gasteiger partial charge in [0, 0.05) is 23.6 Å². The van der Waals surface area contributed by atoms with Crippen molar-refractivity contribution in [3.8, 4) is 5.69 Å². The first-order valence-electron chi connectivity index (χ1n) is 9.06. The van der Waals surface area contributed by atoms with Gasteiger partial charge in [-0.1, -0.05) is 18.5 Å². The second-order valence-corrected chi connectivity index (χ2v) is 7.38. The average molecular weight is 399 g/mol. The van der Waals surface area contributed by atoms with Crippen LogP contribution in [0.2, 0.25) is 5.02 Å². The van der Waals surface area contributed by atoms with Gasteiger partial charge in [-0.05, 0) is 63.3 Å². The van der Waals surface area contributed by atoms with Crippen LogP contribution in [0.3, 0.4) is 0 Å². The van der Waals surface area contributed by atoms with E-state index in [0.29, 0.717) is 5.92 Å². The molecule has 144 valence electrons. The molecule has 2 N–H and O–H groups in total. The van der Waals surface area contributed by atoms with Crippen LogP contribution in [0.25, 0.3) is 5.69 Å². The van der Waals surface area contributed by atoms with Crippen LogP contribution in [0.15, 0.2) is 18.2 Å². The minimum absolute atomic E-state index is 0. The molecule has 1 saturated carbocycles. The van der Waals surface area contributed by atoms with E-state index in [-0.39, 0.29) is 24.6 Å². The van der Waals surface area contributed by atoms with Crippen molar-refractivity contribution in [1.82, 2.24) is 14.8 Å². The number of aryl methyl sites for hydroxylation is 2. The van der Waals surface area contributed by atoms with E-state index >= 15 is 0 Å². The minimum atomic E-state index is 0. The summed E-state index contributed by atoms with van der Waals surface area (Å²) in [5.41, 5.74) is 8.50. The summed E-state index contributed by atoms with van der Waals surface area (Å²) < 4.78 is 7.86. The molecular formula is C19H28Cl2N4O. The lowest BCUT2D eigenvalue weighted by molar-refractivity contribution is 0.0108. The van der Waals surface area contributed by atoms with Gasteiger partial charge < -0.3 is 10.5 Å². The minimum Gasteiger partial charge on any atom is -0.377 e. The van der Waals surface area contributed by atoms with Gasteiger partial charge >= 0.3 is 0 Å². The maximum Gasteiger partial charge on any atom is 0.148 e. The number of nitrogens with two attached hydrogens (primary N) is 1. The first kappa shape index (κ1) is 21.2. The molecule has 0 spiro atoms. The Labute approximate surface area is 166 Å². The van der Waals surface area contributed by atoms with Gasteiger partial charge in [-0.15, -0.1) is 12.4 Å². The highest BCUT2D eigenvalue weighted by Crippen LogP contribution is 2.34. The molecule has 1 aliphatic rings. The monoisotopic (exact) mass is 398 g/mol. The molecule has 0 aliphatic heterocycles. The van der Waals surface area contributed by atoms with Crippen molar-refractivity contribution in [1.29, 1.82) is 0 Å². The fourth-order valence-corrected chi connectivity index (χ4v) is 3.84. The molecule has 0 radical (unpaired) electrons. The summed E-state index contributed by atoms with van der Waals surface area (Å²) in [6, 6.07) is 5.90. The first-order chi connectivity index (χ1) is 12.0. The lowest BCUT2D eigenvalue weighted by atomic mass is 9.83. The van der Waals surface area contributed by atoms with Crippen molar-refractivity contribution in [3.63, 3.8) is 0 Å². The fraction of sp³-hybridized carbons (Fsp3) is 0.579. The Bertz CT molecular complexity index is 734. The molecule has 3 atom stereocenters. The third kappa shape index (κ3) is 4.58. The van der Waals surface area contributed by atoms with Crippen LogP contribution in [0, 0.1) is 13.8 Å². The average Bonchev–Trinajstić information content (AvgIpc) is 2.95. The molecule has 1 aromatic heterocycles. The largest absolute Gasteiger partial charge is 0.377 e. The second kappa shape index (κ2) is 9.18. The molecule has 5 nitrogen and oxygen atoms in total. The number of hydrogen-bond acceptors (Lipinski definition) is 4. The van der Waals surface area contributed by atoms with Crippen molar-refractivity contribution in [2.75, 3.05) is 6.61 Å². The Kier molecular flexibility index (Phi) is 7.47. The molecule has 0 bridgehead atoms. The summed E-state index contributed by atoms with van der Waals surface area (Å²) in [4.78, 5) is 4.72. The Morgan fingerprint density at radius 3 is 2.73 bits per heavy atom. The maximum absolute atomic E-state index is 6.39. The van der Waals surface area contributed by atoms with Crippen LogP contribution in [-0.2, 0) is 4.74 Å². The van der Waals surface area contributed by atoms with E-state index in [0.717, 1.165) is 60.2 Å². The number of benzene rings is 1. The van der Waals surface area contributed by atoms with E-state index in [2.05, 4.69) is 12.0 Å². The highest BCUT2D eigenvalue weighted by atomic mass is 35.5. The number of ether oxygens (including phenoxy) is 1. The van der Waals surface area contributed by atoms with Crippen molar-refractivity contribution < 1.29 is 4.74 Å². The van der Waals surface area contributed by atoms with E-state index in [4.69, 9.17) is 27.1 Å². The van der Waals surface area contributed by atoms with Gasteiger partial charge in [-0.3, -0.25) is 0 Å². The molecule has 1 fully saturated rings. The van der Waals surface area contributed by atoms with Gasteiger partial charge in [0.05, 0.1) is 11.8 Å². The standard InChI is InChI=1S/C19H27ClN4O.ClH/c1-4-9-25-18-8-5-14(11-16(18)21)19-22-13(3)23-24(19)17-7-6-15(20)10-12(17)2;/h6-7,10,14,16,18H,4-5,8-9,11,21H2,1-3H3;1H/t14-,16+,18+;/m0./s1. The summed E-state index contributed by atoms with van der Waals surface area (Å²) in [5.74, 6) is 2.07. The number of aromatic nitrogens is 3. The summed E-state index contributed by atoms with van der Waals surface area (Å²) in [6.07, 6.45) is 4.05. The molecule has 1 aromatic carbocycles. The molecule has 2 aromatic rings. The van der Waals surface area contributed by atoms with Gasteiger partial charge in [-0.2, -0.15) is 5.10 Å². The van der Waals surface area contributed by atoms with Crippen molar-refractivity contribution >= 4 is 24.0 Å². The van der Waals surface area contributed by atoms with Crippen LogP contribution in [0.5, 0.6) is 0 Å². The Morgan fingerprint density at radius 2 is 2.08 bits per heavy atom. The molecule has 1 aliphatic carbocycles. The van der Waals surface area contributed by atoms with E-state index in [1.807, 2.05) is 36.7 Å². The number of hydrogen-bond donors (Lipinski definition) is 1. The summed E-state index contributed by atoms with van der Waals surface area (Å²) >= 11 is 6.10. The van der Waals surface area contributed by atoms with E-state index in [1.54, 1.807) is 0 Å². The van der Waals surface area contributed by atoms with Crippen molar-refractivity contribution in [2.24, 2.45) is 5.73 Å². The first-order valence-corrected chi connectivity index (χ1v) is 9.44. The molecule has 0 unspecified atom stereocenters. The Hall–Kier alpha value is -1.14. The summed E-state index contributed by atoms with van der Waals surface area (Å²) in [7, 11) is 0. The third-order valence-electron chi connectivity index (χ3n) is 4.86. The molecule has 0 saturated heterocycles. The second-order valence-electron chi connectivity index (χ2n) is 6.94. The lowest BCUT2D eigenvalue weighted by Gasteiger charge is -2.33. The van der Waals surface area contributed by atoms with Crippen LogP contribution in [0.1, 0.15) is 55.7 Å². The molecule has 3 rings (SSSR count). The van der Waals surface area contributed by atoms with Crippen LogP contribution in [-0.4, -0.2) is 33.5 Å². The summed E-state index contributed by atoms with van der Waals surface area (Å²) in [5, 5.41) is 5.36. The smallest absolute Gasteiger partial charge is 0.148 e. The van der Waals surface area contributed by atoms with E-state index in [1.165, 1.54) is 0 Å². The molecule has 0 amide bonds. The normalized spacial score (nSPS) is 22.9. The molecular weight excluding hydrogens is 371 g/mol. The molecule has 26 heavy (non-hydrogen) atoms. The zero-order valence-corrected chi connectivity index (χ0v) is 17.2. The SMILES string of the molecule is CCCO[C@@H]1CC[C@H](c2nc(C)nn2-c2ccc(Cl)cc2C)C[C@H]1N.Cl. The van der Waals surface area contributed by atoms with Gasteiger partial charge in [0.25, 0.3) is 0 Å². The molecule has 7 heteroatoms. The van der Waals surface area contributed by atoms with Gasteiger partial charge in [0.1, 0.15) is 11.6 Å². The Morgan fingerprint density at radius 1 is 1.31 bits per heavy atom. The van der Waals surface area contributed by atoms with Crippen molar-refractivity contribution in [3.05, 3.63) is 40.4 Å². The van der Waals surface area contributed by atoms with E-state index in [9.17, 15) is 0 Å². The maximum atomic E-state index is 6.39. The number of rotatable bonds is 5. The van der Waals surface area contributed by atoms with Crippen LogP contribution < -0.4 is 5.73 Å². The van der Waals surface area contributed by atoms with Gasteiger partial charge in [0.2, 0.25) is 0 Å². The highest BCUT2D eigenvalue weighted by molar-refractivity contribution is 6.30. The van der Waals surface area contributed by atoms with Crippen LogP contribution >= 0.6 is 24.0 Å². The summed E-state index contributed by atoms with van der Waals surface area (Å²) in [6.45, 7) is 6.88. The van der Waals surface area contributed by atoms with E-state index < -0.39 is 0 Å². The predicted octanol–water partition coefficient (Wildman–Crippen LogP) is 4.35. The van der Waals surface area contributed by atoms with Crippen LogP contribution in [0.4, 0.5) is 0 Å². The predicted molar refractivity (Wildman–Crippen MR) is 108 cm³/mol. The van der Waals surface area contributed by atoms with Gasteiger partial charge in [0.15, 0.2) is 0 Å². The Balaban J connectivity index is 0.00000243. The van der Waals surface area contributed by atoms with Gasteiger partial charge in [-0.25, -0.2) is 9.67 Å². The van der Waals surface area contributed by atoms with Crippen molar-refractivity contribution in [2.45, 2.75) is 64.5 Å². The zero-order valence-electron chi connectivity index (χ0n) is 15.6. The number of halogens is 2. The third-order valence-corrected chi connectivity index (χ3v) is 5.10. The number of nitrogens with zero attached hydrogens (tertiary/aromatic N) is 3. The molecule has 1 heterocycles. The lowest BCUT2D eigenvalue weighted by Crippen LogP contribution is -2.42.